The highest BCUT2D eigenvalue weighted by Gasteiger charge is 2.22. The van der Waals surface area contributed by atoms with Crippen LogP contribution in [0.25, 0.3) is 22.7 Å². The second-order valence-electron chi connectivity index (χ2n) is 5.62. The zero-order chi connectivity index (χ0) is 17.2. The fraction of sp³-hybridized carbons (Fsp3) is 0.312. The number of carboxylic acids is 1. The van der Waals surface area contributed by atoms with Crippen molar-refractivity contribution in [1.82, 2.24) is 24.5 Å². The lowest BCUT2D eigenvalue weighted by atomic mass is 10.3. The molecule has 1 N–H and O–H groups in total. The van der Waals surface area contributed by atoms with Crippen LogP contribution in [0.15, 0.2) is 30.7 Å². The largest absolute Gasteiger partial charge is 0.480 e. The van der Waals surface area contributed by atoms with Crippen molar-refractivity contribution in [2.45, 2.75) is 6.54 Å². The number of ether oxygens (including phenoxy) is 1. The van der Waals surface area contributed by atoms with Gasteiger partial charge in [0.2, 0.25) is 0 Å². The Morgan fingerprint density at radius 3 is 2.76 bits per heavy atom. The molecule has 0 spiro atoms. The predicted octanol–water partition coefficient (Wildman–Crippen LogP) is 0.810. The first kappa shape index (κ1) is 15.5. The summed E-state index contributed by atoms with van der Waals surface area (Å²) in [5.41, 5.74) is 1.72. The summed E-state index contributed by atoms with van der Waals surface area (Å²) in [6.45, 7) is 2.34. The molecule has 1 saturated heterocycles. The number of rotatable bonds is 4. The van der Waals surface area contributed by atoms with Crippen molar-refractivity contribution in [2.24, 2.45) is 0 Å². The van der Waals surface area contributed by atoms with Crippen LogP contribution in [0.2, 0.25) is 0 Å². The third-order valence-corrected chi connectivity index (χ3v) is 3.96. The van der Waals surface area contributed by atoms with E-state index in [2.05, 4.69) is 24.8 Å². The molecule has 0 amide bonds. The molecule has 1 fully saturated rings. The van der Waals surface area contributed by atoms with E-state index in [0.29, 0.717) is 54.8 Å². The zero-order valence-electron chi connectivity index (χ0n) is 13.4. The molecule has 3 aromatic rings. The number of carboxylic acid groups (broad SMARTS) is 1. The Morgan fingerprint density at radius 1 is 1.20 bits per heavy atom. The molecule has 4 heterocycles. The monoisotopic (exact) mass is 340 g/mol. The van der Waals surface area contributed by atoms with Crippen LogP contribution in [-0.4, -0.2) is 61.9 Å². The molecule has 9 nitrogen and oxygen atoms in total. The van der Waals surface area contributed by atoms with E-state index in [1.165, 1.54) is 6.33 Å². The Kier molecular flexibility index (Phi) is 3.98. The Balaban J connectivity index is 1.89. The summed E-state index contributed by atoms with van der Waals surface area (Å²) in [5.74, 6) is 0.184. The highest BCUT2D eigenvalue weighted by Crippen LogP contribution is 2.27. The van der Waals surface area contributed by atoms with E-state index in [-0.39, 0.29) is 6.54 Å². The van der Waals surface area contributed by atoms with Gasteiger partial charge >= 0.3 is 5.97 Å². The first-order valence-corrected chi connectivity index (χ1v) is 7.91. The standard InChI is InChI=1S/C16H16N6O3/c23-12(24)9-22-10-18-15-13(22)16(21-5-7-25-8-6-21)20-14(19-15)11-3-1-2-4-17-11/h1-4,10H,5-9H2,(H,23,24). The number of pyridine rings is 1. The van der Waals surface area contributed by atoms with Gasteiger partial charge in [0.05, 0.1) is 19.5 Å². The summed E-state index contributed by atoms with van der Waals surface area (Å²) in [5, 5.41) is 9.15. The van der Waals surface area contributed by atoms with E-state index < -0.39 is 5.97 Å². The van der Waals surface area contributed by atoms with E-state index in [1.54, 1.807) is 10.8 Å². The molecule has 9 heteroatoms. The van der Waals surface area contributed by atoms with E-state index >= 15 is 0 Å². The van der Waals surface area contributed by atoms with Gasteiger partial charge in [0, 0.05) is 19.3 Å². The molecule has 0 bridgehead atoms. The van der Waals surface area contributed by atoms with Crippen molar-refractivity contribution in [3.63, 3.8) is 0 Å². The number of hydrogen-bond acceptors (Lipinski definition) is 7. The van der Waals surface area contributed by atoms with Gasteiger partial charge in [0.15, 0.2) is 17.3 Å². The second kappa shape index (κ2) is 6.44. The third-order valence-electron chi connectivity index (χ3n) is 3.96. The van der Waals surface area contributed by atoms with Gasteiger partial charge in [-0.2, -0.15) is 0 Å². The van der Waals surface area contributed by atoms with Crippen molar-refractivity contribution in [2.75, 3.05) is 31.2 Å². The van der Waals surface area contributed by atoms with Gasteiger partial charge in [-0.25, -0.2) is 15.0 Å². The molecule has 1 aliphatic heterocycles. The molecule has 0 atom stereocenters. The minimum absolute atomic E-state index is 0.194. The number of carbonyl (C=O) groups is 1. The van der Waals surface area contributed by atoms with Crippen LogP contribution in [0.4, 0.5) is 5.82 Å². The number of morpholine rings is 1. The molecule has 128 valence electrons. The molecule has 0 unspecified atom stereocenters. The van der Waals surface area contributed by atoms with Crippen molar-refractivity contribution in [3.8, 4) is 11.5 Å². The summed E-state index contributed by atoms with van der Waals surface area (Å²) >= 11 is 0. The van der Waals surface area contributed by atoms with E-state index in [1.807, 2.05) is 18.2 Å². The number of nitrogens with zero attached hydrogens (tertiary/aromatic N) is 6. The number of aromatic nitrogens is 5. The molecule has 0 aromatic carbocycles. The first-order valence-electron chi connectivity index (χ1n) is 7.91. The summed E-state index contributed by atoms with van der Waals surface area (Å²) < 4.78 is 6.97. The Morgan fingerprint density at radius 2 is 2.04 bits per heavy atom. The smallest absolute Gasteiger partial charge is 0.323 e. The molecule has 1 aliphatic rings. The highest BCUT2D eigenvalue weighted by molar-refractivity contribution is 5.87. The second-order valence-corrected chi connectivity index (χ2v) is 5.62. The lowest BCUT2D eigenvalue weighted by Crippen LogP contribution is -2.37. The molecule has 3 aromatic heterocycles. The average Bonchev–Trinajstić information content (AvgIpc) is 3.05. The van der Waals surface area contributed by atoms with Crippen LogP contribution >= 0.6 is 0 Å². The molecular formula is C16H16N6O3. The van der Waals surface area contributed by atoms with Crippen molar-refractivity contribution < 1.29 is 14.6 Å². The highest BCUT2D eigenvalue weighted by atomic mass is 16.5. The van der Waals surface area contributed by atoms with Crippen LogP contribution in [0.3, 0.4) is 0 Å². The van der Waals surface area contributed by atoms with Crippen LogP contribution in [0.5, 0.6) is 0 Å². The van der Waals surface area contributed by atoms with Crippen molar-refractivity contribution in [1.29, 1.82) is 0 Å². The summed E-state index contributed by atoms with van der Waals surface area (Å²) in [7, 11) is 0. The number of aliphatic carboxylic acids is 1. The molecule has 0 saturated carbocycles. The van der Waals surface area contributed by atoms with Gasteiger partial charge in [-0.15, -0.1) is 0 Å². The Labute approximate surface area is 142 Å². The summed E-state index contributed by atoms with van der Waals surface area (Å²) in [4.78, 5) is 30.9. The predicted molar refractivity (Wildman–Crippen MR) is 89.2 cm³/mol. The first-order chi connectivity index (χ1) is 12.2. The minimum atomic E-state index is -0.943. The fourth-order valence-corrected chi connectivity index (χ4v) is 2.83. The van der Waals surface area contributed by atoms with Crippen LogP contribution in [0, 0.1) is 0 Å². The molecule has 0 aliphatic carbocycles. The quantitative estimate of drug-likeness (QED) is 0.744. The number of hydrogen-bond donors (Lipinski definition) is 1. The minimum Gasteiger partial charge on any atom is -0.480 e. The van der Waals surface area contributed by atoms with E-state index in [4.69, 9.17) is 9.84 Å². The Bertz CT molecular complexity index is 905. The average molecular weight is 340 g/mol. The van der Waals surface area contributed by atoms with Crippen molar-refractivity contribution >= 4 is 23.0 Å². The SMILES string of the molecule is O=C(O)Cn1cnc2nc(-c3ccccn3)nc(N3CCOCC3)c21. The van der Waals surface area contributed by atoms with Gasteiger partial charge in [-0.3, -0.25) is 9.78 Å². The van der Waals surface area contributed by atoms with Gasteiger partial charge in [-0.05, 0) is 12.1 Å². The van der Waals surface area contributed by atoms with E-state index in [0.717, 1.165) is 0 Å². The van der Waals surface area contributed by atoms with E-state index in [9.17, 15) is 4.79 Å². The zero-order valence-corrected chi connectivity index (χ0v) is 13.4. The lowest BCUT2D eigenvalue weighted by molar-refractivity contribution is -0.137. The maximum absolute atomic E-state index is 11.2. The van der Waals surface area contributed by atoms with Crippen molar-refractivity contribution in [3.05, 3.63) is 30.7 Å². The third kappa shape index (κ3) is 3.01. The number of anilines is 1. The maximum atomic E-state index is 11.2. The maximum Gasteiger partial charge on any atom is 0.323 e. The molecule has 0 radical (unpaired) electrons. The van der Waals surface area contributed by atoms with Crippen LogP contribution in [-0.2, 0) is 16.1 Å². The van der Waals surface area contributed by atoms with Gasteiger partial charge in [-0.1, -0.05) is 6.07 Å². The van der Waals surface area contributed by atoms with Gasteiger partial charge in [0.25, 0.3) is 0 Å². The van der Waals surface area contributed by atoms with Gasteiger partial charge < -0.3 is 19.3 Å². The normalized spacial score (nSPS) is 14.8. The molecule has 25 heavy (non-hydrogen) atoms. The lowest BCUT2D eigenvalue weighted by Gasteiger charge is -2.28. The fourth-order valence-electron chi connectivity index (χ4n) is 2.83. The van der Waals surface area contributed by atoms with Gasteiger partial charge in [0.1, 0.15) is 17.8 Å². The number of imidazole rings is 1. The topological polar surface area (TPSA) is 106 Å². The summed E-state index contributed by atoms with van der Waals surface area (Å²) in [6, 6.07) is 5.53. The van der Waals surface area contributed by atoms with Crippen LogP contribution in [0.1, 0.15) is 0 Å². The Hall–Kier alpha value is -3.07. The summed E-state index contributed by atoms with van der Waals surface area (Å²) in [6.07, 6.45) is 3.17. The molecular weight excluding hydrogens is 324 g/mol. The van der Waals surface area contributed by atoms with Crippen LogP contribution < -0.4 is 4.90 Å². The number of fused-ring (bicyclic) bond motifs is 1. The molecule has 4 rings (SSSR count).